The largest absolute Gasteiger partial charge is 0.494 e. The number of benzene rings is 1. The Hall–Kier alpha value is -2.70. The number of rotatable bonds is 6. The standard InChI is InChI=1S/C17H19FN4O2/c1-10-12(11(2)24-22-10)5-4-6-19-17-13-7-16(23-3)14(18)8-15(13)20-9-21-17/h7-9H,4-6H2,1-3H3,(H,19,20,21). The molecule has 6 nitrogen and oxygen atoms in total. The number of nitrogens with zero attached hydrogens (tertiary/aromatic N) is 3. The zero-order chi connectivity index (χ0) is 17.1. The summed E-state index contributed by atoms with van der Waals surface area (Å²) in [5.41, 5.74) is 2.62. The second-order valence-electron chi connectivity index (χ2n) is 5.56. The van der Waals surface area contributed by atoms with Crippen molar-refractivity contribution in [2.45, 2.75) is 26.7 Å². The van der Waals surface area contributed by atoms with E-state index >= 15 is 0 Å². The number of aromatic nitrogens is 3. The van der Waals surface area contributed by atoms with Crippen molar-refractivity contribution < 1.29 is 13.7 Å². The van der Waals surface area contributed by atoms with Crippen molar-refractivity contribution in [1.29, 1.82) is 0 Å². The molecule has 3 aromatic rings. The van der Waals surface area contributed by atoms with E-state index in [9.17, 15) is 4.39 Å². The van der Waals surface area contributed by atoms with Crippen molar-refractivity contribution in [2.24, 2.45) is 0 Å². The lowest BCUT2D eigenvalue weighted by Crippen LogP contribution is -2.06. The Kier molecular flexibility index (Phi) is 4.59. The van der Waals surface area contributed by atoms with Gasteiger partial charge in [0.05, 0.1) is 18.3 Å². The fraction of sp³-hybridized carbons (Fsp3) is 0.353. The second kappa shape index (κ2) is 6.82. The van der Waals surface area contributed by atoms with Crippen LogP contribution in [0.5, 0.6) is 5.75 Å². The summed E-state index contributed by atoms with van der Waals surface area (Å²) in [6.07, 6.45) is 3.19. The van der Waals surface area contributed by atoms with Gasteiger partial charge in [0.1, 0.15) is 17.9 Å². The van der Waals surface area contributed by atoms with Gasteiger partial charge in [0, 0.05) is 23.6 Å². The molecule has 0 atom stereocenters. The molecule has 0 spiro atoms. The van der Waals surface area contributed by atoms with Crippen LogP contribution in [0, 0.1) is 19.7 Å². The number of methoxy groups -OCH3 is 1. The lowest BCUT2D eigenvalue weighted by Gasteiger charge is -2.10. The number of aryl methyl sites for hydroxylation is 2. The van der Waals surface area contributed by atoms with Gasteiger partial charge in [-0.25, -0.2) is 14.4 Å². The molecule has 3 rings (SSSR count). The molecule has 0 saturated heterocycles. The highest BCUT2D eigenvalue weighted by Crippen LogP contribution is 2.27. The first-order chi connectivity index (χ1) is 11.6. The Bertz CT molecular complexity index is 844. The first kappa shape index (κ1) is 16.2. The SMILES string of the molecule is COc1cc2c(NCCCc3c(C)noc3C)ncnc2cc1F. The van der Waals surface area contributed by atoms with Gasteiger partial charge in [0.2, 0.25) is 0 Å². The van der Waals surface area contributed by atoms with Crippen molar-refractivity contribution in [3.63, 3.8) is 0 Å². The first-order valence-corrected chi connectivity index (χ1v) is 7.74. The van der Waals surface area contributed by atoms with E-state index in [1.54, 1.807) is 6.07 Å². The quantitative estimate of drug-likeness (QED) is 0.698. The Labute approximate surface area is 139 Å². The summed E-state index contributed by atoms with van der Waals surface area (Å²) < 4.78 is 24.0. The van der Waals surface area contributed by atoms with Gasteiger partial charge in [0.15, 0.2) is 11.6 Å². The van der Waals surface area contributed by atoms with E-state index in [1.165, 1.54) is 19.5 Å². The highest BCUT2D eigenvalue weighted by Gasteiger charge is 2.11. The number of nitrogens with one attached hydrogen (secondary N) is 1. The molecular formula is C17H19FN4O2. The monoisotopic (exact) mass is 330 g/mol. The summed E-state index contributed by atoms with van der Waals surface area (Å²) in [6.45, 7) is 4.58. The van der Waals surface area contributed by atoms with E-state index in [0.717, 1.165) is 41.8 Å². The molecule has 0 aliphatic heterocycles. The first-order valence-electron chi connectivity index (χ1n) is 7.74. The maximum Gasteiger partial charge on any atom is 0.167 e. The highest BCUT2D eigenvalue weighted by molar-refractivity contribution is 5.90. The van der Waals surface area contributed by atoms with Gasteiger partial charge in [-0.1, -0.05) is 5.16 Å². The maximum atomic E-state index is 13.8. The van der Waals surface area contributed by atoms with Gasteiger partial charge in [-0.15, -0.1) is 0 Å². The van der Waals surface area contributed by atoms with Crippen LogP contribution in [-0.4, -0.2) is 28.8 Å². The third kappa shape index (κ3) is 3.15. The van der Waals surface area contributed by atoms with Crippen LogP contribution in [0.15, 0.2) is 23.0 Å². The Morgan fingerprint density at radius 1 is 1.25 bits per heavy atom. The normalized spacial score (nSPS) is 11.0. The van der Waals surface area contributed by atoms with E-state index in [4.69, 9.17) is 9.26 Å². The number of hydrogen-bond acceptors (Lipinski definition) is 6. The summed E-state index contributed by atoms with van der Waals surface area (Å²) in [5, 5.41) is 7.97. The van der Waals surface area contributed by atoms with Crippen molar-refractivity contribution in [1.82, 2.24) is 15.1 Å². The zero-order valence-corrected chi connectivity index (χ0v) is 13.9. The van der Waals surface area contributed by atoms with Crippen molar-refractivity contribution >= 4 is 16.7 Å². The highest BCUT2D eigenvalue weighted by atomic mass is 19.1. The number of ether oxygens (including phenoxy) is 1. The van der Waals surface area contributed by atoms with E-state index in [0.29, 0.717) is 11.3 Å². The molecule has 0 aliphatic rings. The average Bonchev–Trinajstić information content (AvgIpc) is 2.89. The molecule has 0 amide bonds. The summed E-state index contributed by atoms with van der Waals surface area (Å²) >= 11 is 0. The third-order valence-corrected chi connectivity index (χ3v) is 3.99. The van der Waals surface area contributed by atoms with Crippen LogP contribution in [0.1, 0.15) is 23.4 Å². The van der Waals surface area contributed by atoms with Crippen LogP contribution in [0.25, 0.3) is 10.9 Å². The molecule has 0 saturated carbocycles. The Morgan fingerprint density at radius 2 is 2.08 bits per heavy atom. The molecule has 1 aromatic carbocycles. The number of anilines is 1. The second-order valence-corrected chi connectivity index (χ2v) is 5.56. The van der Waals surface area contributed by atoms with Crippen LogP contribution in [0.3, 0.4) is 0 Å². The molecule has 24 heavy (non-hydrogen) atoms. The lowest BCUT2D eigenvalue weighted by molar-refractivity contribution is 0.387. The van der Waals surface area contributed by atoms with Gasteiger partial charge in [0.25, 0.3) is 0 Å². The Morgan fingerprint density at radius 3 is 2.79 bits per heavy atom. The van der Waals surface area contributed by atoms with Gasteiger partial charge in [-0.2, -0.15) is 0 Å². The summed E-state index contributed by atoms with van der Waals surface area (Å²) in [6, 6.07) is 2.96. The fourth-order valence-electron chi connectivity index (χ4n) is 2.69. The minimum absolute atomic E-state index is 0.177. The molecule has 0 aliphatic carbocycles. The fourth-order valence-corrected chi connectivity index (χ4v) is 2.69. The number of fused-ring (bicyclic) bond motifs is 1. The molecule has 126 valence electrons. The summed E-state index contributed by atoms with van der Waals surface area (Å²) in [4.78, 5) is 8.35. The van der Waals surface area contributed by atoms with Gasteiger partial charge < -0.3 is 14.6 Å². The molecule has 2 aromatic heterocycles. The predicted octanol–water partition coefficient (Wildman–Crippen LogP) is 3.43. The van der Waals surface area contributed by atoms with E-state index in [2.05, 4.69) is 20.4 Å². The molecule has 0 fully saturated rings. The van der Waals surface area contributed by atoms with Crippen LogP contribution in [0.4, 0.5) is 10.2 Å². The van der Waals surface area contributed by atoms with Crippen molar-refractivity contribution in [3.05, 3.63) is 41.3 Å². The lowest BCUT2D eigenvalue weighted by atomic mass is 10.1. The minimum Gasteiger partial charge on any atom is -0.494 e. The number of halogens is 1. The molecule has 0 radical (unpaired) electrons. The third-order valence-electron chi connectivity index (χ3n) is 3.99. The van der Waals surface area contributed by atoms with Crippen LogP contribution >= 0.6 is 0 Å². The predicted molar refractivity (Wildman–Crippen MR) is 88.8 cm³/mol. The molecule has 2 heterocycles. The molecular weight excluding hydrogens is 311 g/mol. The topological polar surface area (TPSA) is 73.1 Å². The molecule has 1 N–H and O–H groups in total. The van der Waals surface area contributed by atoms with Gasteiger partial charge in [-0.05, 0) is 32.8 Å². The summed E-state index contributed by atoms with van der Waals surface area (Å²) in [7, 11) is 1.44. The van der Waals surface area contributed by atoms with Crippen LogP contribution in [0.2, 0.25) is 0 Å². The zero-order valence-electron chi connectivity index (χ0n) is 13.9. The smallest absolute Gasteiger partial charge is 0.167 e. The van der Waals surface area contributed by atoms with Crippen molar-refractivity contribution in [3.8, 4) is 5.75 Å². The minimum atomic E-state index is -0.437. The molecule has 0 bridgehead atoms. The van der Waals surface area contributed by atoms with E-state index in [-0.39, 0.29) is 5.75 Å². The average molecular weight is 330 g/mol. The van der Waals surface area contributed by atoms with E-state index in [1.807, 2.05) is 13.8 Å². The van der Waals surface area contributed by atoms with E-state index < -0.39 is 5.82 Å². The molecule has 0 unspecified atom stereocenters. The van der Waals surface area contributed by atoms with Crippen molar-refractivity contribution in [2.75, 3.05) is 19.0 Å². The maximum absolute atomic E-state index is 13.8. The number of hydrogen-bond donors (Lipinski definition) is 1. The van der Waals surface area contributed by atoms with Crippen LogP contribution in [-0.2, 0) is 6.42 Å². The summed E-state index contributed by atoms with van der Waals surface area (Å²) in [5.74, 6) is 1.27. The van der Waals surface area contributed by atoms with Gasteiger partial charge in [-0.3, -0.25) is 0 Å². The Balaban J connectivity index is 1.71. The van der Waals surface area contributed by atoms with Crippen LogP contribution < -0.4 is 10.1 Å². The van der Waals surface area contributed by atoms with Gasteiger partial charge >= 0.3 is 0 Å². The molecule has 7 heteroatoms.